The van der Waals surface area contributed by atoms with Gasteiger partial charge < -0.3 is 4.74 Å². The third-order valence-corrected chi connectivity index (χ3v) is 2.30. The molecular formula is C13H16O3. The Morgan fingerprint density at radius 3 is 2.25 bits per heavy atom. The van der Waals surface area contributed by atoms with Gasteiger partial charge in [0.2, 0.25) is 6.29 Å². The Balaban J connectivity index is 2.65. The average Bonchev–Trinajstić information content (AvgIpc) is 2.25. The zero-order valence-corrected chi connectivity index (χ0v) is 9.82. The highest BCUT2D eigenvalue weighted by Crippen LogP contribution is 2.22. The van der Waals surface area contributed by atoms with E-state index in [-0.39, 0.29) is 18.3 Å². The molecule has 0 amide bonds. The smallest absolute Gasteiger partial charge is 0.371 e. The minimum atomic E-state index is -0.833. The van der Waals surface area contributed by atoms with E-state index in [9.17, 15) is 9.59 Å². The number of benzene rings is 1. The second kappa shape index (κ2) is 4.92. The zero-order valence-electron chi connectivity index (χ0n) is 9.82. The van der Waals surface area contributed by atoms with Crippen LogP contribution in [0.4, 0.5) is 0 Å². The van der Waals surface area contributed by atoms with Gasteiger partial charge in [-0.1, -0.05) is 45.0 Å². The Kier molecular flexibility index (Phi) is 3.82. The van der Waals surface area contributed by atoms with Gasteiger partial charge in [-0.2, -0.15) is 0 Å². The van der Waals surface area contributed by atoms with E-state index in [0.717, 1.165) is 5.56 Å². The fourth-order valence-electron chi connectivity index (χ4n) is 1.29. The molecule has 0 bridgehead atoms. The number of carbonyl (C=O) groups excluding carboxylic acids is 2. The van der Waals surface area contributed by atoms with Crippen molar-refractivity contribution in [1.29, 1.82) is 0 Å². The maximum absolute atomic E-state index is 10.6. The molecule has 16 heavy (non-hydrogen) atoms. The summed E-state index contributed by atoms with van der Waals surface area (Å²) in [5.41, 5.74) is 2.21. The summed E-state index contributed by atoms with van der Waals surface area (Å²) in [6.45, 7) is 6.54. The lowest BCUT2D eigenvalue weighted by Crippen LogP contribution is -2.11. The summed E-state index contributed by atoms with van der Waals surface area (Å²) in [6.07, 6.45) is 0.170. The van der Waals surface area contributed by atoms with E-state index in [1.165, 1.54) is 5.56 Å². The molecule has 0 saturated heterocycles. The molecule has 0 N–H and O–H groups in total. The first-order chi connectivity index (χ1) is 7.43. The normalized spacial score (nSPS) is 10.9. The van der Waals surface area contributed by atoms with E-state index >= 15 is 0 Å². The molecule has 0 aliphatic rings. The van der Waals surface area contributed by atoms with E-state index in [2.05, 4.69) is 20.8 Å². The maximum Gasteiger partial charge on any atom is 0.371 e. The monoisotopic (exact) mass is 220 g/mol. The van der Waals surface area contributed by atoms with Crippen molar-refractivity contribution < 1.29 is 14.3 Å². The minimum absolute atomic E-state index is 0.109. The topological polar surface area (TPSA) is 43.4 Å². The second-order valence-corrected chi connectivity index (χ2v) is 4.67. The number of rotatable bonds is 3. The number of aldehydes is 1. The first kappa shape index (κ1) is 12.4. The van der Waals surface area contributed by atoms with Crippen molar-refractivity contribution in [1.82, 2.24) is 0 Å². The molecule has 1 rings (SSSR count). The van der Waals surface area contributed by atoms with Gasteiger partial charge in [0, 0.05) is 0 Å². The van der Waals surface area contributed by atoms with Crippen LogP contribution in [0.1, 0.15) is 31.9 Å². The van der Waals surface area contributed by atoms with Crippen LogP contribution in [-0.4, -0.2) is 12.3 Å². The van der Waals surface area contributed by atoms with Crippen LogP contribution < -0.4 is 0 Å². The number of ether oxygens (including phenoxy) is 1. The molecule has 0 spiro atoms. The molecule has 0 aliphatic carbocycles. The lowest BCUT2D eigenvalue weighted by molar-refractivity contribution is -0.149. The van der Waals surface area contributed by atoms with E-state index < -0.39 is 5.97 Å². The van der Waals surface area contributed by atoms with E-state index in [4.69, 9.17) is 4.74 Å². The van der Waals surface area contributed by atoms with Crippen molar-refractivity contribution in [3.05, 3.63) is 35.4 Å². The predicted octanol–water partition coefficient (Wildman–Crippen LogP) is 2.23. The second-order valence-electron chi connectivity index (χ2n) is 4.67. The Bertz CT molecular complexity index is 371. The van der Waals surface area contributed by atoms with Crippen LogP contribution in [0.2, 0.25) is 0 Å². The molecule has 86 valence electrons. The van der Waals surface area contributed by atoms with Gasteiger partial charge in [0.15, 0.2) is 0 Å². The zero-order chi connectivity index (χ0) is 12.2. The van der Waals surface area contributed by atoms with Gasteiger partial charge in [-0.15, -0.1) is 0 Å². The van der Waals surface area contributed by atoms with Crippen LogP contribution in [0.15, 0.2) is 24.3 Å². The Hall–Kier alpha value is -1.64. The van der Waals surface area contributed by atoms with Crippen LogP contribution in [0.25, 0.3) is 0 Å². The van der Waals surface area contributed by atoms with Gasteiger partial charge in [0.25, 0.3) is 0 Å². The lowest BCUT2D eigenvalue weighted by atomic mass is 9.87. The first-order valence-corrected chi connectivity index (χ1v) is 5.15. The van der Waals surface area contributed by atoms with E-state index in [1.807, 2.05) is 24.3 Å². The van der Waals surface area contributed by atoms with E-state index in [0.29, 0.717) is 0 Å². The fourth-order valence-corrected chi connectivity index (χ4v) is 1.29. The van der Waals surface area contributed by atoms with Crippen LogP contribution in [0.5, 0.6) is 0 Å². The first-order valence-electron chi connectivity index (χ1n) is 5.15. The number of carbonyl (C=O) groups is 2. The highest BCUT2D eigenvalue weighted by atomic mass is 16.5. The van der Waals surface area contributed by atoms with Crippen molar-refractivity contribution in [2.24, 2.45) is 0 Å². The van der Waals surface area contributed by atoms with Gasteiger partial charge in [-0.25, -0.2) is 4.79 Å². The van der Waals surface area contributed by atoms with Crippen LogP contribution in [0, 0.1) is 0 Å². The summed E-state index contributed by atoms with van der Waals surface area (Å²) in [4.78, 5) is 20.7. The molecule has 1 aromatic rings. The number of hydrogen-bond acceptors (Lipinski definition) is 3. The highest BCUT2D eigenvalue weighted by molar-refractivity contribution is 6.20. The van der Waals surface area contributed by atoms with Crippen molar-refractivity contribution in [3.8, 4) is 0 Å². The summed E-state index contributed by atoms with van der Waals surface area (Å²) in [6, 6.07) is 7.81. The summed E-state index contributed by atoms with van der Waals surface area (Å²) >= 11 is 0. The molecule has 0 radical (unpaired) electrons. The SMILES string of the molecule is CC(C)(C)c1ccc(COC(=O)C=O)cc1. The largest absolute Gasteiger partial charge is 0.455 e. The van der Waals surface area contributed by atoms with Gasteiger partial charge in [-0.05, 0) is 16.5 Å². The summed E-state index contributed by atoms with van der Waals surface area (Å²) in [5.74, 6) is -0.833. The Labute approximate surface area is 95.4 Å². The molecule has 1 aromatic carbocycles. The molecule has 3 nitrogen and oxygen atoms in total. The van der Waals surface area contributed by atoms with Crippen molar-refractivity contribution >= 4 is 12.3 Å². The average molecular weight is 220 g/mol. The quantitative estimate of drug-likeness (QED) is 0.445. The third kappa shape index (κ3) is 3.50. The van der Waals surface area contributed by atoms with Crippen LogP contribution >= 0.6 is 0 Å². The minimum Gasteiger partial charge on any atom is -0.455 e. The van der Waals surface area contributed by atoms with Gasteiger partial charge in [0.1, 0.15) is 6.61 Å². The van der Waals surface area contributed by atoms with Gasteiger partial charge in [-0.3, -0.25) is 4.79 Å². The highest BCUT2D eigenvalue weighted by Gasteiger charge is 2.12. The predicted molar refractivity (Wildman–Crippen MR) is 61.0 cm³/mol. The summed E-state index contributed by atoms with van der Waals surface area (Å²) in [5, 5.41) is 0. The molecule has 0 aliphatic heterocycles. The standard InChI is InChI=1S/C13H16O3/c1-13(2,3)11-6-4-10(5-7-11)9-16-12(15)8-14/h4-8H,9H2,1-3H3. The lowest BCUT2D eigenvalue weighted by Gasteiger charge is -2.19. The van der Waals surface area contributed by atoms with Crippen molar-refractivity contribution in [2.75, 3.05) is 0 Å². The molecule has 0 aromatic heterocycles. The van der Waals surface area contributed by atoms with Crippen LogP contribution in [0.3, 0.4) is 0 Å². The number of hydrogen-bond donors (Lipinski definition) is 0. The maximum atomic E-state index is 10.6. The molecule has 0 heterocycles. The van der Waals surface area contributed by atoms with Crippen LogP contribution in [-0.2, 0) is 26.3 Å². The van der Waals surface area contributed by atoms with E-state index in [1.54, 1.807) is 0 Å². The third-order valence-electron chi connectivity index (χ3n) is 2.30. The molecule has 0 saturated carbocycles. The van der Waals surface area contributed by atoms with Crippen molar-refractivity contribution in [3.63, 3.8) is 0 Å². The van der Waals surface area contributed by atoms with Gasteiger partial charge in [0.05, 0.1) is 0 Å². The molecule has 3 heteroatoms. The Morgan fingerprint density at radius 1 is 1.25 bits per heavy atom. The van der Waals surface area contributed by atoms with Gasteiger partial charge >= 0.3 is 5.97 Å². The molecule has 0 unspecified atom stereocenters. The van der Waals surface area contributed by atoms with Crippen molar-refractivity contribution in [2.45, 2.75) is 32.8 Å². The molecule has 0 fully saturated rings. The molecular weight excluding hydrogens is 204 g/mol. The fraction of sp³-hybridized carbons (Fsp3) is 0.385. The molecule has 0 atom stereocenters. The summed E-state index contributed by atoms with van der Waals surface area (Å²) < 4.78 is 4.70. The Morgan fingerprint density at radius 2 is 1.81 bits per heavy atom. The number of esters is 1. The summed E-state index contributed by atoms with van der Waals surface area (Å²) in [7, 11) is 0.